The van der Waals surface area contributed by atoms with E-state index in [4.69, 9.17) is 5.11 Å². The summed E-state index contributed by atoms with van der Waals surface area (Å²) in [5, 5.41) is 8.89. The van der Waals surface area contributed by atoms with E-state index in [1.807, 2.05) is 13.8 Å². The summed E-state index contributed by atoms with van der Waals surface area (Å²) < 4.78 is 0. The van der Waals surface area contributed by atoms with Gasteiger partial charge in [-0.3, -0.25) is 4.79 Å². The maximum absolute atomic E-state index is 10.8. The zero-order valence-corrected chi connectivity index (χ0v) is 7.42. The average Bonchev–Trinajstić information content (AvgIpc) is 2.01. The normalized spacial score (nSPS) is 18.5. The third-order valence-electron chi connectivity index (χ3n) is 2.58. The highest BCUT2D eigenvalue weighted by Gasteiger charge is 2.35. The largest absolute Gasteiger partial charge is 0.481 e. The van der Waals surface area contributed by atoms with Gasteiger partial charge in [0.25, 0.3) is 0 Å². The molecule has 2 atom stereocenters. The molecule has 2 heteroatoms. The van der Waals surface area contributed by atoms with Crippen LogP contribution in [0.4, 0.5) is 0 Å². The molecule has 2 unspecified atom stereocenters. The molecular formula is C9H16O2. The quantitative estimate of drug-likeness (QED) is 0.634. The number of carboxylic acid groups (broad SMARTS) is 1. The van der Waals surface area contributed by atoms with Crippen LogP contribution in [0.3, 0.4) is 0 Å². The summed E-state index contributed by atoms with van der Waals surface area (Å²) in [5.41, 5.74) is -0.651. The number of aliphatic carboxylic acids is 1. The van der Waals surface area contributed by atoms with Crippen molar-refractivity contribution < 1.29 is 9.90 Å². The van der Waals surface area contributed by atoms with Gasteiger partial charge in [0.1, 0.15) is 0 Å². The average molecular weight is 156 g/mol. The van der Waals surface area contributed by atoms with E-state index < -0.39 is 11.4 Å². The number of rotatable bonds is 4. The van der Waals surface area contributed by atoms with Crippen LogP contribution < -0.4 is 0 Å². The Labute approximate surface area is 67.9 Å². The van der Waals surface area contributed by atoms with Crippen LogP contribution in [0.1, 0.15) is 27.2 Å². The Morgan fingerprint density at radius 2 is 2.27 bits per heavy atom. The molecule has 0 heterocycles. The number of hydrogen-bond acceptors (Lipinski definition) is 1. The van der Waals surface area contributed by atoms with Crippen molar-refractivity contribution in [1.82, 2.24) is 0 Å². The fourth-order valence-electron chi connectivity index (χ4n) is 0.928. The maximum atomic E-state index is 10.8. The van der Waals surface area contributed by atoms with Gasteiger partial charge >= 0.3 is 5.97 Å². The third kappa shape index (κ3) is 1.82. The van der Waals surface area contributed by atoms with E-state index in [1.54, 1.807) is 13.0 Å². The smallest absolute Gasteiger partial charge is 0.309 e. The highest BCUT2D eigenvalue weighted by Crippen LogP contribution is 2.31. The number of carboxylic acids is 1. The van der Waals surface area contributed by atoms with Crippen LogP contribution in [0.5, 0.6) is 0 Å². The first-order valence-corrected chi connectivity index (χ1v) is 3.85. The lowest BCUT2D eigenvalue weighted by molar-refractivity contribution is -0.150. The van der Waals surface area contributed by atoms with E-state index in [0.717, 1.165) is 0 Å². The van der Waals surface area contributed by atoms with Crippen LogP contribution in [0.2, 0.25) is 0 Å². The Balaban J connectivity index is 4.58. The third-order valence-corrected chi connectivity index (χ3v) is 2.58. The van der Waals surface area contributed by atoms with Crippen LogP contribution in [-0.2, 0) is 4.79 Å². The molecule has 0 aromatic carbocycles. The van der Waals surface area contributed by atoms with E-state index in [-0.39, 0.29) is 5.92 Å². The van der Waals surface area contributed by atoms with Gasteiger partial charge in [0, 0.05) is 0 Å². The molecule has 11 heavy (non-hydrogen) atoms. The Kier molecular flexibility index (Phi) is 3.30. The molecule has 0 aromatic rings. The molecule has 0 fully saturated rings. The zero-order chi connectivity index (χ0) is 9.07. The lowest BCUT2D eigenvalue weighted by Gasteiger charge is -2.27. The van der Waals surface area contributed by atoms with Crippen LogP contribution in [0, 0.1) is 11.3 Å². The van der Waals surface area contributed by atoms with Crippen molar-refractivity contribution in [2.45, 2.75) is 27.2 Å². The van der Waals surface area contributed by atoms with E-state index in [2.05, 4.69) is 6.58 Å². The second kappa shape index (κ2) is 3.56. The molecule has 0 aliphatic carbocycles. The van der Waals surface area contributed by atoms with Crippen molar-refractivity contribution in [3.63, 3.8) is 0 Å². The highest BCUT2D eigenvalue weighted by atomic mass is 16.4. The van der Waals surface area contributed by atoms with Gasteiger partial charge in [0.2, 0.25) is 0 Å². The van der Waals surface area contributed by atoms with Gasteiger partial charge < -0.3 is 5.11 Å². The van der Waals surface area contributed by atoms with Crippen molar-refractivity contribution >= 4 is 5.97 Å². The Hall–Kier alpha value is -0.790. The summed E-state index contributed by atoms with van der Waals surface area (Å²) in [6.07, 6.45) is 2.33. The van der Waals surface area contributed by atoms with Crippen molar-refractivity contribution in [2.24, 2.45) is 11.3 Å². The lowest BCUT2D eigenvalue weighted by Crippen LogP contribution is -2.32. The van der Waals surface area contributed by atoms with Gasteiger partial charge in [-0.15, -0.1) is 6.58 Å². The Morgan fingerprint density at radius 1 is 1.82 bits per heavy atom. The number of hydrogen-bond donors (Lipinski definition) is 1. The predicted octanol–water partition coefficient (Wildman–Crippen LogP) is 2.31. The molecule has 0 radical (unpaired) electrons. The lowest BCUT2D eigenvalue weighted by atomic mass is 9.76. The standard InChI is InChI=1S/C9H16O2/c1-5-7(3)9(4,6-2)8(10)11/h5,7H,1,6H2,2-4H3,(H,10,11). The van der Waals surface area contributed by atoms with E-state index in [9.17, 15) is 4.79 Å². The van der Waals surface area contributed by atoms with Crippen molar-refractivity contribution in [2.75, 3.05) is 0 Å². The molecule has 0 aromatic heterocycles. The van der Waals surface area contributed by atoms with Crippen molar-refractivity contribution in [3.8, 4) is 0 Å². The molecule has 0 amide bonds. The van der Waals surface area contributed by atoms with E-state index >= 15 is 0 Å². The minimum Gasteiger partial charge on any atom is -0.481 e. The second-order valence-electron chi connectivity index (χ2n) is 3.10. The summed E-state index contributed by atoms with van der Waals surface area (Å²) in [4.78, 5) is 10.8. The van der Waals surface area contributed by atoms with Crippen LogP contribution in [0.15, 0.2) is 12.7 Å². The molecule has 0 bridgehead atoms. The van der Waals surface area contributed by atoms with Gasteiger partial charge in [-0.1, -0.05) is 19.9 Å². The minimum absolute atomic E-state index is 0.0185. The first-order chi connectivity index (χ1) is 4.99. The highest BCUT2D eigenvalue weighted by molar-refractivity contribution is 5.74. The van der Waals surface area contributed by atoms with Gasteiger partial charge in [-0.25, -0.2) is 0 Å². The Bertz CT molecular complexity index is 163. The summed E-state index contributed by atoms with van der Waals surface area (Å²) in [6, 6.07) is 0. The first-order valence-electron chi connectivity index (χ1n) is 3.85. The monoisotopic (exact) mass is 156 g/mol. The zero-order valence-electron chi connectivity index (χ0n) is 7.42. The summed E-state index contributed by atoms with van der Waals surface area (Å²) in [7, 11) is 0. The molecular weight excluding hydrogens is 140 g/mol. The van der Waals surface area contributed by atoms with Gasteiger partial charge in [-0.2, -0.15) is 0 Å². The fourth-order valence-corrected chi connectivity index (χ4v) is 0.928. The molecule has 0 rings (SSSR count). The maximum Gasteiger partial charge on any atom is 0.309 e. The number of allylic oxidation sites excluding steroid dienone is 1. The molecule has 2 nitrogen and oxygen atoms in total. The minimum atomic E-state index is -0.743. The van der Waals surface area contributed by atoms with Crippen molar-refractivity contribution in [3.05, 3.63) is 12.7 Å². The second-order valence-corrected chi connectivity index (χ2v) is 3.10. The van der Waals surface area contributed by atoms with E-state index in [1.165, 1.54) is 0 Å². The van der Waals surface area contributed by atoms with Crippen LogP contribution >= 0.6 is 0 Å². The predicted molar refractivity (Wildman–Crippen MR) is 45.4 cm³/mol. The van der Waals surface area contributed by atoms with Crippen LogP contribution in [-0.4, -0.2) is 11.1 Å². The molecule has 1 N–H and O–H groups in total. The summed E-state index contributed by atoms with van der Waals surface area (Å²) in [6.45, 7) is 9.11. The summed E-state index contributed by atoms with van der Waals surface area (Å²) >= 11 is 0. The fraction of sp³-hybridized carbons (Fsp3) is 0.667. The molecule has 0 saturated carbocycles. The van der Waals surface area contributed by atoms with Gasteiger partial charge in [0.15, 0.2) is 0 Å². The van der Waals surface area contributed by atoms with Gasteiger partial charge in [0.05, 0.1) is 5.41 Å². The Morgan fingerprint density at radius 3 is 2.36 bits per heavy atom. The number of carbonyl (C=O) groups is 1. The van der Waals surface area contributed by atoms with E-state index in [0.29, 0.717) is 6.42 Å². The molecule has 0 spiro atoms. The summed E-state index contributed by atoms with van der Waals surface area (Å²) in [5.74, 6) is -0.725. The van der Waals surface area contributed by atoms with Crippen LogP contribution in [0.25, 0.3) is 0 Å². The molecule has 0 aliphatic heterocycles. The SMILES string of the molecule is C=CC(C)C(C)(CC)C(=O)O. The molecule has 64 valence electrons. The molecule has 0 aliphatic rings. The topological polar surface area (TPSA) is 37.3 Å². The first kappa shape index (κ1) is 10.2. The van der Waals surface area contributed by atoms with Gasteiger partial charge in [-0.05, 0) is 19.3 Å². The van der Waals surface area contributed by atoms with Crippen molar-refractivity contribution in [1.29, 1.82) is 0 Å². The molecule has 0 saturated heterocycles.